The monoisotopic (exact) mass is 1830 g/mol. The fourth-order valence-electron chi connectivity index (χ4n) is 24.3. The average molecular weight is 1830 g/mol. The summed E-state index contributed by atoms with van der Waals surface area (Å²) in [6.45, 7) is 0. The van der Waals surface area contributed by atoms with Gasteiger partial charge in [0.2, 0.25) is 0 Å². The fraction of sp³-hybridized carbons (Fsp3) is 0.0143. The predicted molar refractivity (Wildman–Crippen MR) is 604 cm³/mol. The SMILES string of the molecule is c1ccc(-c2ccc(N(c3ccc(-c4cccc(-c5ccc6c(c5)c5ccc(-c7cccc8c7-c7ccc(N(c9ccc(-c%10cccc(-c%11ccc%12c(c%11)c%11ccccc%11n%12-c%11cccc%12ccccc%11%12)c%10)cc9)c9ccc%10ccccc%10c9)cc7C8(c7ccccc7)c7ccccc7)cc5n6-c5cccc6ccccc56)c4)cc3)c3ccc4c(c3)C(c3ccccc3)(c3ccccc3)c3ccccc3-4)cc2)cc1. The van der Waals surface area contributed by atoms with E-state index in [1.807, 2.05) is 0 Å². The van der Waals surface area contributed by atoms with Crippen LogP contribution in [0, 0.1) is 0 Å². The van der Waals surface area contributed by atoms with Gasteiger partial charge in [-0.1, -0.05) is 425 Å². The first kappa shape index (κ1) is 83.4. The molecule has 0 amide bonds. The lowest BCUT2D eigenvalue weighted by Gasteiger charge is -2.35. The van der Waals surface area contributed by atoms with Gasteiger partial charge >= 0.3 is 0 Å². The first-order valence-corrected chi connectivity index (χ1v) is 49.9. The second-order valence-corrected chi connectivity index (χ2v) is 38.4. The van der Waals surface area contributed by atoms with Crippen LogP contribution >= 0.6 is 0 Å². The Bertz CT molecular complexity index is 9470. The molecule has 0 saturated carbocycles. The topological polar surface area (TPSA) is 16.3 Å². The summed E-state index contributed by atoms with van der Waals surface area (Å²) in [6, 6.07) is 209. The molecule has 2 aromatic heterocycles. The summed E-state index contributed by atoms with van der Waals surface area (Å²) in [5.41, 5.74) is 40.7. The average Bonchev–Trinajstić information content (AvgIpc) is 1.52. The van der Waals surface area contributed by atoms with E-state index in [0.29, 0.717) is 0 Å². The zero-order chi connectivity index (χ0) is 94.9. The number of hydrogen-bond donors (Lipinski definition) is 0. The maximum Gasteiger partial charge on any atom is 0.0714 e. The van der Waals surface area contributed by atoms with Crippen LogP contribution in [0.2, 0.25) is 0 Å². The predicted octanol–water partition coefficient (Wildman–Crippen LogP) is 37.0. The lowest BCUT2D eigenvalue weighted by Crippen LogP contribution is -2.28. The van der Waals surface area contributed by atoms with Gasteiger partial charge in [0.15, 0.2) is 0 Å². The largest absolute Gasteiger partial charge is 0.310 e. The summed E-state index contributed by atoms with van der Waals surface area (Å²) in [6.07, 6.45) is 0. The van der Waals surface area contributed by atoms with Gasteiger partial charge < -0.3 is 18.9 Å². The quantitative estimate of drug-likeness (QED) is 0.0851. The van der Waals surface area contributed by atoms with Crippen LogP contribution in [0.15, 0.2) is 558 Å². The molecule has 26 aromatic rings. The van der Waals surface area contributed by atoms with Crippen molar-refractivity contribution in [2.45, 2.75) is 10.8 Å². The Kier molecular flexibility index (Phi) is 19.8. The molecule has 0 N–H and O–H groups in total. The van der Waals surface area contributed by atoms with Crippen molar-refractivity contribution in [2.75, 3.05) is 9.80 Å². The maximum atomic E-state index is 2.53. The zero-order valence-electron chi connectivity index (χ0n) is 78.9. The second kappa shape index (κ2) is 34.1. The first-order valence-electron chi connectivity index (χ1n) is 49.9. The minimum Gasteiger partial charge on any atom is -0.310 e. The number of fused-ring (bicyclic) bond motifs is 15. The summed E-state index contributed by atoms with van der Waals surface area (Å²) in [7, 11) is 0. The van der Waals surface area contributed by atoms with E-state index in [9.17, 15) is 0 Å². The number of nitrogens with zero attached hydrogens (tertiary/aromatic N) is 4. The molecule has 0 spiro atoms. The van der Waals surface area contributed by atoms with Crippen molar-refractivity contribution >= 4 is 110 Å². The Morgan fingerprint density at radius 2 is 0.472 bits per heavy atom. The van der Waals surface area contributed by atoms with Gasteiger partial charge in [-0.3, -0.25) is 0 Å². The molecule has 0 saturated heterocycles. The van der Waals surface area contributed by atoms with Crippen molar-refractivity contribution < 1.29 is 0 Å². The first-order chi connectivity index (χ1) is 71.4. The molecule has 0 aliphatic heterocycles. The molecule has 28 rings (SSSR count). The van der Waals surface area contributed by atoms with Crippen molar-refractivity contribution in [1.82, 2.24) is 9.13 Å². The van der Waals surface area contributed by atoms with E-state index in [1.54, 1.807) is 0 Å². The van der Waals surface area contributed by atoms with Crippen LogP contribution in [-0.4, -0.2) is 9.13 Å². The second-order valence-electron chi connectivity index (χ2n) is 38.4. The third-order valence-electron chi connectivity index (χ3n) is 30.8. The van der Waals surface area contributed by atoms with Crippen molar-refractivity contribution in [3.63, 3.8) is 0 Å². The fourth-order valence-corrected chi connectivity index (χ4v) is 24.3. The highest BCUT2D eigenvalue weighted by Crippen LogP contribution is 2.62. The van der Waals surface area contributed by atoms with Crippen molar-refractivity contribution in [3.05, 3.63) is 603 Å². The van der Waals surface area contributed by atoms with Crippen molar-refractivity contribution in [2.24, 2.45) is 0 Å². The molecule has 0 unspecified atom stereocenters. The van der Waals surface area contributed by atoms with Crippen LogP contribution in [0.1, 0.15) is 44.5 Å². The van der Waals surface area contributed by atoms with E-state index in [0.717, 1.165) is 89.8 Å². The van der Waals surface area contributed by atoms with E-state index in [4.69, 9.17) is 0 Å². The molecule has 0 bridgehead atoms. The Morgan fingerprint density at radius 1 is 0.146 bits per heavy atom. The van der Waals surface area contributed by atoms with Gasteiger partial charge in [0, 0.05) is 66.4 Å². The lowest BCUT2D eigenvalue weighted by atomic mass is 9.67. The minimum absolute atomic E-state index is 0.566. The van der Waals surface area contributed by atoms with E-state index in [1.165, 1.54) is 165 Å². The maximum absolute atomic E-state index is 2.53. The standard InChI is InChI=1S/C140H92N4/c1-6-31-93(32-7-1)95-61-71-112(72-62-95)141(116-78-81-122-121-53-22-24-56-128(121)139(130(122)91-116,108-43-8-2-9-44-108)109-45-10-3-11-46-109)113-73-63-96(64-74-113)100-39-27-42-103(86-100)106-70-84-136-127(89-106)124-80-68-107(90-137(124)144(136)133-60-29-38-99-35-19-21-52-119(99)133)120-55-30-57-129-138(120)125-82-79-117(92-131(125)140(129,110-47-12-4-13-48-110)111-49-14-5-15-50-111)142(115-77-67-94-33-16-17-36-104(94)87-115)114-75-65-97(66-76-114)101-40-26-41-102(85-101)105-69-83-135-126(88-105)123-54-23-25-58-134(123)143(135)132-59-28-37-98-34-18-20-51-118(98)132/h1-92H. The van der Waals surface area contributed by atoms with Crippen LogP contribution in [0.5, 0.6) is 0 Å². The van der Waals surface area contributed by atoms with Crippen LogP contribution in [0.3, 0.4) is 0 Å². The lowest BCUT2D eigenvalue weighted by molar-refractivity contribution is 0.768. The van der Waals surface area contributed by atoms with E-state index in [2.05, 4.69) is 577 Å². The summed E-state index contributed by atoms with van der Waals surface area (Å²) >= 11 is 0. The van der Waals surface area contributed by atoms with Gasteiger partial charge in [-0.05, 0) is 289 Å². The third-order valence-corrected chi connectivity index (χ3v) is 30.8. The molecule has 4 heteroatoms. The molecule has 4 nitrogen and oxygen atoms in total. The Hall–Kier alpha value is -18.7. The van der Waals surface area contributed by atoms with Gasteiger partial charge in [-0.25, -0.2) is 0 Å². The van der Waals surface area contributed by atoms with Crippen LogP contribution < -0.4 is 9.80 Å². The normalized spacial score (nSPS) is 12.7. The Balaban J connectivity index is 0.551. The van der Waals surface area contributed by atoms with E-state index < -0.39 is 10.8 Å². The molecule has 24 aromatic carbocycles. The number of anilines is 6. The Morgan fingerprint density at radius 3 is 1.02 bits per heavy atom. The summed E-state index contributed by atoms with van der Waals surface area (Å²) in [5.74, 6) is 0. The highest BCUT2D eigenvalue weighted by Gasteiger charge is 2.49. The smallest absolute Gasteiger partial charge is 0.0714 e. The number of benzene rings is 24. The number of para-hydroxylation sites is 1. The van der Waals surface area contributed by atoms with E-state index in [-0.39, 0.29) is 0 Å². The number of rotatable bonds is 18. The molecule has 672 valence electrons. The molecule has 144 heavy (non-hydrogen) atoms. The van der Waals surface area contributed by atoms with Gasteiger partial charge in [-0.15, -0.1) is 0 Å². The molecule has 2 aliphatic rings. The van der Waals surface area contributed by atoms with Gasteiger partial charge in [-0.2, -0.15) is 0 Å². The summed E-state index contributed by atoms with van der Waals surface area (Å²) in [4.78, 5) is 4.91. The van der Waals surface area contributed by atoms with Gasteiger partial charge in [0.05, 0.1) is 44.3 Å². The number of aromatic nitrogens is 2. The molecule has 2 heterocycles. The van der Waals surface area contributed by atoms with Crippen LogP contribution in [0.25, 0.3) is 176 Å². The number of hydrogen-bond acceptors (Lipinski definition) is 2. The molecule has 0 radical (unpaired) electrons. The highest BCUT2D eigenvalue weighted by atomic mass is 15.1. The molecular weight excluding hydrogens is 1740 g/mol. The third kappa shape index (κ3) is 13.4. The summed E-state index contributed by atoms with van der Waals surface area (Å²) in [5, 5.41) is 12.0. The zero-order valence-corrected chi connectivity index (χ0v) is 78.9. The molecule has 2 aliphatic carbocycles. The molecule has 0 fully saturated rings. The Labute approximate surface area is 836 Å². The van der Waals surface area contributed by atoms with Gasteiger partial charge in [0.25, 0.3) is 0 Å². The van der Waals surface area contributed by atoms with Crippen molar-refractivity contribution in [1.29, 1.82) is 0 Å². The van der Waals surface area contributed by atoms with E-state index >= 15 is 0 Å². The molecule has 0 atom stereocenters. The van der Waals surface area contributed by atoms with Crippen LogP contribution in [0.4, 0.5) is 34.1 Å². The summed E-state index contributed by atoms with van der Waals surface area (Å²) < 4.78 is 4.98. The minimum atomic E-state index is -0.753. The van der Waals surface area contributed by atoms with Crippen LogP contribution in [-0.2, 0) is 10.8 Å². The van der Waals surface area contributed by atoms with Gasteiger partial charge in [0.1, 0.15) is 0 Å². The highest BCUT2D eigenvalue weighted by molar-refractivity contribution is 6.15. The van der Waals surface area contributed by atoms with Crippen molar-refractivity contribution in [3.8, 4) is 100 Å². The molecular formula is C140H92N4.